The molecule has 1 N–H and O–H groups in total. The van der Waals surface area contributed by atoms with Gasteiger partial charge in [-0.15, -0.1) is 0 Å². The van der Waals surface area contributed by atoms with Gasteiger partial charge in [0.25, 0.3) is 0 Å². The molecule has 0 radical (unpaired) electrons. The van der Waals surface area contributed by atoms with Gasteiger partial charge in [0.15, 0.2) is 0 Å². The first-order valence-electron chi connectivity index (χ1n) is 4.52. The van der Waals surface area contributed by atoms with Gasteiger partial charge < -0.3 is 12.0 Å². The maximum Gasteiger partial charge on any atom is 2.00 e. The van der Waals surface area contributed by atoms with Crippen molar-refractivity contribution < 1.29 is 5.11 Å². The molecule has 1 aromatic rings. The van der Waals surface area contributed by atoms with Crippen molar-refractivity contribution in [2.75, 3.05) is 0 Å². The maximum absolute atomic E-state index is 9.02. The van der Waals surface area contributed by atoms with E-state index in [0.717, 1.165) is 17.5 Å². The van der Waals surface area contributed by atoms with Gasteiger partial charge in [0.1, 0.15) is 0 Å². The third-order valence-electron chi connectivity index (χ3n) is 1.61. The Balaban J connectivity index is 0. The van der Waals surface area contributed by atoms with Crippen molar-refractivity contribution in [1.29, 1.82) is 0 Å². The van der Waals surface area contributed by atoms with Gasteiger partial charge >= 0.3 is 37.7 Å². The van der Waals surface area contributed by atoms with Gasteiger partial charge in [0.2, 0.25) is 0 Å². The summed E-state index contributed by atoms with van der Waals surface area (Å²) in [6.45, 7) is 11.3. The average Bonchev–Trinajstić information content (AvgIpc) is 2.12. The summed E-state index contributed by atoms with van der Waals surface area (Å²) >= 11 is 0. The van der Waals surface area contributed by atoms with E-state index in [-0.39, 0.29) is 37.7 Å². The van der Waals surface area contributed by atoms with Crippen LogP contribution in [0.15, 0.2) is 18.2 Å². The number of rotatable bonds is 1. The number of phenols is 1. The first-order valence-corrected chi connectivity index (χ1v) is 4.52. The second-order valence-electron chi connectivity index (χ2n) is 2.97. The minimum absolute atomic E-state index is 0. The molecule has 0 saturated heterocycles. The molecular formula is C12H18CaO. The molecule has 14 heavy (non-hydrogen) atoms. The van der Waals surface area contributed by atoms with Crippen LogP contribution in [0.3, 0.4) is 0 Å². The van der Waals surface area contributed by atoms with Crippen LogP contribution in [0.5, 0.6) is 5.75 Å². The quantitative estimate of drug-likeness (QED) is 0.567. The van der Waals surface area contributed by atoms with E-state index in [2.05, 4.69) is 20.8 Å². The summed E-state index contributed by atoms with van der Waals surface area (Å²) in [6, 6.07) is 5.27. The molecule has 0 spiro atoms. The zero-order chi connectivity index (χ0) is 10.3. The van der Waals surface area contributed by atoms with E-state index < -0.39 is 0 Å². The summed E-state index contributed by atoms with van der Waals surface area (Å²) in [5.74, 6) is 0.336. The monoisotopic (exact) mass is 218 g/mol. The van der Waals surface area contributed by atoms with Gasteiger partial charge in [-0.2, -0.15) is 31.0 Å². The van der Waals surface area contributed by atoms with Crippen molar-refractivity contribution in [3.8, 4) is 5.75 Å². The number of benzene rings is 1. The van der Waals surface area contributed by atoms with Crippen molar-refractivity contribution in [3.05, 3.63) is 43.2 Å². The van der Waals surface area contributed by atoms with Crippen LogP contribution in [0.1, 0.15) is 30.9 Å². The second-order valence-corrected chi connectivity index (χ2v) is 2.97. The van der Waals surface area contributed by atoms with Gasteiger partial charge in [-0.1, -0.05) is 25.0 Å². The Kier molecular flexibility index (Phi) is 11.5. The summed E-state index contributed by atoms with van der Waals surface area (Å²) in [7, 11) is 0. The van der Waals surface area contributed by atoms with Crippen LogP contribution in [0, 0.1) is 20.8 Å². The molecule has 0 bridgehead atoms. The zero-order valence-electron chi connectivity index (χ0n) is 9.21. The van der Waals surface area contributed by atoms with Gasteiger partial charge in [-0.25, -0.2) is 0 Å². The number of phenolic OH excluding ortho intramolecular Hbond substituents is 1. The molecule has 0 saturated carbocycles. The van der Waals surface area contributed by atoms with Crippen molar-refractivity contribution in [2.45, 2.75) is 26.7 Å². The van der Waals surface area contributed by atoms with E-state index in [0.29, 0.717) is 5.75 Å². The first kappa shape index (κ1) is 16.6. The van der Waals surface area contributed by atoms with E-state index >= 15 is 0 Å². The molecule has 0 aliphatic carbocycles. The number of aryl methyl sites for hydroxylation is 1. The predicted octanol–water partition coefficient (Wildman–Crippen LogP) is 3.12. The van der Waals surface area contributed by atoms with Gasteiger partial charge in [0, 0.05) is 0 Å². The summed E-state index contributed by atoms with van der Waals surface area (Å²) in [6.07, 6.45) is 2.28. The van der Waals surface area contributed by atoms with Gasteiger partial charge in [-0.3, -0.25) is 0 Å². The minimum atomic E-state index is 0. The number of hydrogen-bond acceptors (Lipinski definition) is 1. The predicted molar refractivity (Wildman–Crippen MR) is 63.3 cm³/mol. The standard InChI is InChI=1S/C8H9O.C4H9.Ca/c1-6-3-4-8(9)7(2)5-6;1-3-4-2;/h3-5,9H,1H2,2H3;1,3-4H2,2H3;/q2*-1;+2. The third-order valence-corrected chi connectivity index (χ3v) is 1.61. The van der Waals surface area contributed by atoms with E-state index in [1.165, 1.54) is 6.42 Å². The molecule has 0 unspecified atom stereocenters. The molecule has 0 atom stereocenters. The van der Waals surface area contributed by atoms with Crippen molar-refractivity contribution >= 4 is 37.7 Å². The molecule has 0 fully saturated rings. The molecule has 0 aliphatic heterocycles. The molecule has 0 amide bonds. The van der Waals surface area contributed by atoms with Crippen molar-refractivity contribution in [3.63, 3.8) is 0 Å². The summed E-state index contributed by atoms with van der Waals surface area (Å²) in [4.78, 5) is 0. The largest absolute Gasteiger partial charge is 2.00 e. The van der Waals surface area contributed by atoms with Crippen molar-refractivity contribution in [2.24, 2.45) is 0 Å². The van der Waals surface area contributed by atoms with Crippen LogP contribution >= 0.6 is 0 Å². The molecule has 0 aliphatic rings. The smallest absolute Gasteiger partial charge is 0.510 e. The fraction of sp³-hybridized carbons (Fsp3) is 0.333. The van der Waals surface area contributed by atoms with Crippen LogP contribution in [0.4, 0.5) is 0 Å². The van der Waals surface area contributed by atoms with Crippen LogP contribution in [0.2, 0.25) is 0 Å². The third kappa shape index (κ3) is 7.54. The molecule has 1 nitrogen and oxygen atoms in total. The first-order chi connectivity index (χ1) is 6.11. The molecular weight excluding hydrogens is 200 g/mol. The Hall–Kier alpha value is 0.150. The summed E-state index contributed by atoms with van der Waals surface area (Å²) in [5.41, 5.74) is 1.81. The van der Waals surface area contributed by atoms with E-state index in [1.807, 2.05) is 13.0 Å². The van der Waals surface area contributed by atoms with Gasteiger partial charge in [0.05, 0.1) is 5.75 Å². The number of aromatic hydroxyl groups is 1. The normalized spacial score (nSPS) is 8.21. The van der Waals surface area contributed by atoms with Crippen LogP contribution in [-0.2, 0) is 0 Å². The molecule has 0 heterocycles. The van der Waals surface area contributed by atoms with Crippen LogP contribution < -0.4 is 0 Å². The molecule has 2 heteroatoms. The average molecular weight is 218 g/mol. The summed E-state index contributed by atoms with van der Waals surface area (Å²) in [5, 5.41) is 9.02. The maximum atomic E-state index is 9.02. The minimum Gasteiger partial charge on any atom is -0.510 e. The molecule has 1 aromatic carbocycles. The fourth-order valence-electron chi connectivity index (χ4n) is 0.718. The second kappa shape index (κ2) is 9.70. The van der Waals surface area contributed by atoms with Gasteiger partial charge in [-0.05, 0) is 6.92 Å². The van der Waals surface area contributed by atoms with Crippen LogP contribution in [-0.4, -0.2) is 42.8 Å². The molecule has 0 aromatic heterocycles. The zero-order valence-corrected chi connectivity index (χ0v) is 11.4. The Bertz CT molecular complexity index is 244. The molecule has 74 valence electrons. The summed E-state index contributed by atoms with van der Waals surface area (Å²) < 4.78 is 0. The van der Waals surface area contributed by atoms with E-state index in [1.54, 1.807) is 12.1 Å². The number of hydrogen-bond donors (Lipinski definition) is 1. The van der Waals surface area contributed by atoms with Crippen LogP contribution in [0.25, 0.3) is 0 Å². The topological polar surface area (TPSA) is 20.2 Å². The van der Waals surface area contributed by atoms with E-state index in [4.69, 9.17) is 5.11 Å². The Morgan fingerprint density at radius 3 is 2.14 bits per heavy atom. The Labute approximate surface area is 118 Å². The molecule has 1 rings (SSSR count). The SMILES string of the molecule is [CH2-]CCC.[CH2-]c1ccc(O)c(C)c1.[Ca+2]. The Morgan fingerprint density at radius 1 is 1.36 bits per heavy atom. The van der Waals surface area contributed by atoms with E-state index in [9.17, 15) is 0 Å². The van der Waals surface area contributed by atoms with Crippen molar-refractivity contribution in [1.82, 2.24) is 0 Å². The Morgan fingerprint density at radius 2 is 1.86 bits per heavy atom. The number of unbranched alkanes of at least 4 members (excludes halogenated alkanes) is 1. The fourth-order valence-corrected chi connectivity index (χ4v) is 0.718.